The molecule has 1 aliphatic rings. The molecule has 0 saturated heterocycles. The van der Waals surface area contributed by atoms with Gasteiger partial charge in [0.2, 0.25) is 0 Å². The molecule has 0 fully saturated rings. The van der Waals surface area contributed by atoms with Gasteiger partial charge in [0.15, 0.2) is 0 Å². The van der Waals surface area contributed by atoms with Gasteiger partial charge in [0.05, 0.1) is 0 Å². The van der Waals surface area contributed by atoms with E-state index in [9.17, 15) is 4.39 Å². The molecule has 9 aromatic rings. The molecule has 5 nitrogen and oxygen atoms in total. The third-order valence-electron chi connectivity index (χ3n) is 14.2. The van der Waals surface area contributed by atoms with Crippen molar-refractivity contribution in [1.29, 1.82) is 0 Å². The molecule has 7 aromatic carbocycles. The molecule has 1 aliphatic heterocycles. The number of hydrogen-bond acceptors (Lipinski definition) is 4. The van der Waals surface area contributed by atoms with E-state index in [1.807, 2.05) is 42.6 Å². The normalized spacial score (nSPS) is 12.9. The SMILES string of the molecule is Cc1ccc2c(c1)N(c1c(C(C)C)cc(-c3ccc(F)cc3)cc1C(C)C)[CH-]N2c1[c-]c(Oc2[c-]c3c(cc2)c2ccccc2n3-c2ccccn2)cc(-c2c(C(C)(C)C)cc(C(C)C)cc2C(C)(C)C)c1.[Pt]. The Morgan fingerprint density at radius 3 is 1.86 bits per heavy atom. The maximum atomic E-state index is 14.2. The van der Waals surface area contributed by atoms with Crippen LogP contribution in [0.5, 0.6) is 11.5 Å². The standard InChI is InChI=1S/C66H66FN4O.Pt/c1-40(2)45-35-56(65(8,9)10)63(57(36-45)66(11,12)13)47-31-49(37-51(32-47)72-50-26-27-53-52-18-14-15-19-58(52)71(60(53)38-50)62-20-16-17-29-68-62)69-39-70(61-30-43(7)21-28-59(61)69)64-54(41(3)4)33-46(34-55(64)42(5)6)44-22-24-48(67)25-23-44;/h14-36,39-42H,1-13H3;/q-3;. The van der Waals surface area contributed by atoms with Crippen LogP contribution in [0.4, 0.5) is 27.1 Å². The van der Waals surface area contributed by atoms with Gasteiger partial charge in [0, 0.05) is 61.3 Å². The first-order valence-electron chi connectivity index (χ1n) is 25.5. The van der Waals surface area contributed by atoms with Crippen LogP contribution in [0.3, 0.4) is 0 Å². The number of ether oxygens (including phenoxy) is 1. The number of halogens is 1. The van der Waals surface area contributed by atoms with E-state index >= 15 is 0 Å². The van der Waals surface area contributed by atoms with E-state index in [1.165, 1.54) is 38.9 Å². The molecule has 10 rings (SSSR count). The van der Waals surface area contributed by atoms with Gasteiger partial charge in [-0.2, -0.15) is 6.07 Å². The summed E-state index contributed by atoms with van der Waals surface area (Å²) in [6, 6.07) is 53.6. The van der Waals surface area contributed by atoms with Gasteiger partial charge in [-0.3, -0.25) is 0 Å². The summed E-state index contributed by atoms with van der Waals surface area (Å²) in [5.74, 6) is 2.47. The summed E-state index contributed by atoms with van der Waals surface area (Å²) < 4.78 is 23.5. The fraction of sp³-hybridized carbons (Fsp3) is 0.273. The van der Waals surface area contributed by atoms with E-state index in [0.717, 1.165) is 67.1 Å². The molecule has 0 amide bonds. The van der Waals surface area contributed by atoms with Crippen molar-refractivity contribution in [2.24, 2.45) is 0 Å². The van der Waals surface area contributed by atoms with Crippen molar-refractivity contribution in [3.8, 4) is 39.6 Å². The summed E-state index contributed by atoms with van der Waals surface area (Å²) in [6.07, 6.45) is 1.83. The summed E-state index contributed by atoms with van der Waals surface area (Å²) in [4.78, 5) is 9.46. The molecule has 0 saturated carbocycles. The first-order chi connectivity index (χ1) is 34.2. The number of pyridine rings is 1. The van der Waals surface area contributed by atoms with Crippen molar-refractivity contribution in [2.45, 2.75) is 119 Å². The molecule has 0 N–H and O–H groups in total. The van der Waals surface area contributed by atoms with Gasteiger partial charge in [-0.1, -0.05) is 143 Å². The third-order valence-corrected chi connectivity index (χ3v) is 14.2. The maximum absolute atomic E-state index is 14.2. The Morgan fingerprint density at radius 2 is 1.25 bits per heavy atom. The zero-order valence-corrected chi connectivity index (χ0v) is 46.8. The Balaban J connectivity index is 0.00000656. The Bertz CT molecular complexity index is 3440. The van der Waals surface area contributed by atoms with E-state index < -0.39 is 0 Å². The number of nitrogens with zero attached hydrogens (tertiary/aromatic N) is 4. The zero-order valence-electron chi connectivity index (χ0n) is 44.5. The molecule has 2 aromatic heterocycles. The van der Waals surface area contributed by atoms with Crippen LogP contribution in [0, 0.1) is 31.5 Å². The second kappa shape index (κ2) is 19.7. The molecule has 3 heterocycles. The molecular formula is C66H66FN4OPt-3. The molecule has 7 heteroatoms. The smallest absolute Gasteiger partial charge is 0.135 e. The first kappa shape index (κ1) is 51.4. The second-order valence-corrected chi connectivity index (χ2v) is 22.7. The summed E-state index contributed by atoms with van der Waals surface area (Å²) in [5, 5.41) is 2.20. The Labute approximate surface area is 447 Å². The average molecular weight is 1150 g/mol. The molecule has 0 spiro atoms. The molecule has 0 bridgehead atoms. The van der Waals surface area contributed by atoms with Gasteiger partial charge < -0.3 is 19.1 Å². The number of aromatic nitrogens is 2. The van der Waals surface area contributed by atoms with E-state index in [1.54, 1.807) is 12.1 Å². The minimum absolute atomic E-state index is 0. The van der Waals surface area contributed by atoms with Crippen LogP contribution in [0.25, 0.3) is 49.9 Å². The second-order valence-electron chi connectivity index (χ2n) is 22.7. The molecule has 73 heavy (non-hydrogen) atoms. The molecular weight excluding hydrogens is 1080 g/mol. The van der Waals surface area contributed by atoms with Crippen LogP contribution >= 0.6 is 0 Å². The van der Waals surface area contributed by atoms with Crippen LogP contribution in [0.1, 0.15) is 134 Å². The number of anilines is 4. The van der Waals surface area contributed by atoms with E-state index in [0.29, 0.717) is 17.4 Å². The Hall–Kier alpha value is -6.49. The fourth-order valence-corrected chi connectivity index (χ4v) is 10.4. The maximum Gasteiger partial charge on any atom is 0.135 e. The summed E-state index contributed by atoms with van der Waals surface area (Å²) in [6.45, 7) is 32.0. The van der Waals surface area contributed by atoms with Crippen LogP contribution in [0.15, 0.2) is 140 Å². The largest absolute Gasteiger partial charge is 0.509 e. The minimum atomic E-state index is -0.239. The van der Waals surface area contributed by atoms with Crippen molar-refractivity contribution in [1.82, 2.24) is 9.55 Å². The van der Waals surface area contributed by atoms with Gasteiger partial charge in [-0.15, -0.1) is 53.6 Å². The zero-order chi connectivity index (χ0) is 51.0. The predicted molar refractivity (Wildman–Crippen MR) is 299 cm³/mol. The molecule has 376 valence electrons. The van der Waals surface area contributed by atoms with Crippen LogP contribution in [0.2, 0.25) is 0 Å². The third kappa shape index (κ3) is 9.76. The monoisotopic (exact) mass is 1140 g/mol. The predicted octanol–water partition coefficient (Wildman–Crippen LogP) is 18.7. The van der Waals surface area contributed by atoms with Crippen LogP contribution in [-0.2, 0) is 31.9 Å². The Kier molecular flexibility index (Phi) is 13.9. The van der Waals surface area contributed by atoms with Gasteiger partial charge in [0.25, 0.3) is 0 Å². The van der Waals surface area contributed by atoms with Gasteiger partial charge >= 0.3 is 0 Å². The van der Waals surface area contributed by atoms with E-state index in [2.05, 4.69) is 208 Å². The van der Waals surface area contributed by atoms with Crippen molar-refractivity contribution in [2.75, 3.05) is 9.80 Å². The van der Waals surface area contributed by atoms with Crippen LogP contribution < -0.4 is 14.5 Å². The van der Waals surface area contributed by atoms with E-state index in [4.69, 9.17) is 9.72 Å². The quantitative estimate of drug-likeness (QED) is 0.128. The number of benzene rings is 7. The fourth-order valence-electron chi connectivity index (χ4n) is 10.4. The summed E-state index contributed by atoms with van der Waals surface area (Å²) in [5.41, 5.74) is 17.6. The number of aryl methyl sites for hydroxylation is 1. The van der Waals surface area contributed by atoms with Crippen molar-refractivity contribution < 1.29 is 30.2 Å². The molecule has 0 unspecified atom stereocenters. The first-order valence-corrected chi connectivity index (χ1v) is 25.5. The topological polar surface area (TPSA) is 33.5 Å². The summed E-state index contributed by atoms with van der Waals surface area (Å²) >= 11 is 0. The van der Waals surface area contributed by atoms with Gasteiger partial charge in [-0.05, 0) is 146 Å². The summed E-state index contributed by atoms with van der Waals surface area (Å²) in [7, 11) is 0. The van der Waals surface area contributed by atoms with Crippen molar-refractivity contribution in [3.63, 3.8) is 0 Å². The number of fused-ring (bicyclic) bond motifs is 4. The van der Waals surface area contributed by atoms with E-state index in [-0.39, 0.29) is 49.5 Å². The van der Waals surface area contributed by atoms with Gasteiger partial charge in [-0.25, -0.2) is 9.37 Å². The number of para-hydroxylation sites is 1. The average Bonchev–Trinajstić information content (AvgIpc) is 3.88. The number of hydrogen-bond donors (Lipinski definition) is 0. The Morgan fingerprint density at radius 1 is 0.589 bits per heavy atom. The van der Waals surface area contributed by atoms with Crippen LogP contribution in [-0.4, -0.2) is 9.55 Å². The van der Waals surface area contributed by atoms with Crippen molar-refractivity contribution in [3.05, 3.63) is 198 Å². The molecule has 0 atom stereocenters. The molecule has 0 radical (unpaired) electrons. The van der Waals surface area contributed by atoms with Crippen molar-refractivity contribution >= 4 is 44.6 Å². The minimum Gasteiger partial charge on any atom is -0.509 e. The number of rotatable bonds is 10. The molecule has 0 aliphatic carbocycles. The van der Waals surface area contributed by atoms with Gasteiger partial charge in [0.1, 0.15) is 11.6 Å².